The summed E-state index contributed by atoms with van der Waals surface area (Å²) in [6, 6.07) is 0. The van der Waals surface area contributed by atoms with E-state index in [4.69, 9.17) is 10.2 Å². The van der Waals surface area contributed by atoms with Gasteiger partial charge in [-0.15, -0.1) is 0 Å². The molecule has 2 N–H and O–H groups in total. The highest BCUT2D eigenvalue weighted by Crippen LogP contribution is 2.03. The Morgan fingerprint density at radius 3 is 1.09 bits per heavy atom. The third-order valence-electron chi connectivity index (χ3n) is 6.37. The Kier molecular flexibility index (Phi) is 38.9. The van der Waals surface area contributed by atoms with Gasteiger partial charge in [-0.25, -0.2) is 0 Å². The van der Waals surface area contributed by atoms with Gasteiger partial charge in [-0.3, -0.25) is 9.59 Å². The number of carbonyl (C=O) groups is 2. The lowest BCUT2D eigenvalue weighted by molar-refractivity contribution is -0.138. The molecule has 0 aromatic heterocycles. The number of carboxylic acids is 2. The van der Waals surface area contributed by atoms with Crippen LogP contribution in [-0.4, -0.2) is 22.2 Å². The quantitative estimate of drug-likeness (QED) is 0.0684. The highest BCUT2D eigenvalue weighted by atomic mass is 16.4. The minimum Gasteiger partial charge on any atom is -0.481 e. The minimum atomic E-state index is -0.727. The Morgan fingerprint density at radius 2 is 0.705 bits per heavy atom. The molecule has 0 saturated carbocycles. The van der Waals surface area contributed by atoms with Crippen molar-refractivity contribution in [2.75, 3.05) is 0 Å². The van der Waals surface area contributed by atoms with Crippen molar-refractivity contribution < 1.29 is 19.8 Å². The Balaban J connectivity index is 0. The summed E-state index contributed by atoms with van der Waals surface area (Å²) < 4.78 is 0. The Hall–Kier alpha value is -3.14. The van der Waals surface area contributed by atoms with E-state index in [1.165, 1.54) is 38.5 Å². The van der Waals surface area contributed by atoms with Gasteiger partial charge in [-0.2, -0.15) is 0 Å². The molecule has 0 aromatic rings. The number of hydrogen-bond acceptors (Lipinski definition) is 2. The third kappa shape index (κ3) is 45.8. The molecular weight excluding hydrogens is 544 g/mol. The van der Waals surface area contributed by atoms with Crippen LogP contribution in [0.4, 0.5) is 0 Å². The molecule has 0 heterocycles. The van der Waals surface area contributed by atoms with Gasteiger partial charge in [0.05, 0.1) is 0 Å². The van der Waals surface area contributed by atoms with Crippen LogP contribution >= 0.6 is 0 Å². The molecule has 0 rings (SSSR count). The number of unbranched alkanes of at least 4 members (excludes halogenated alkanes) is 8. The summed E-state index contributed by atoms with van der Waals surface area (Å²) in [6.07, 6.45) is 54.7. The predicted molar refractivity (Wildman–Crippen MR) is 192 cm³/mol. The maximum Gasteiger partial charge on any atom is 0.303 e. The van der Waals surface area contributed by atoms with E-state index in [-0.39, 0.29) is 12.8 Å². The van der Waals surface area contributed by atoms with Crippen molar-refractivity contribution in [1.82, 2.24) is 0 Å². The van der Waals surface area contributed by atoms with Gasteiger partial charge in [0, 0.05) is 12.8 Å². The number of rotatable bonds is 28. The van der Waals surface area contributed by atoms with E-state index in [2.05, 4.69) is 105 Å². The highest BCUT2D eigenvalue weighted by molar-refractivity contribution is 5.67. The lowest BCUT2D eigenvalue weighted by atomic mass is 10.2. The maximum atomic E-state index is 10.3. The minimum absolute atomic E-state index is 0.229. The first-order chi connectivity index (χ1) is 21.5. The molecule has 0 aromatic carbocycles. The van der Waals surface area contributed by atoms with E-state index in [1.54, 1.807) is 0 Å². The summed E-state index contributed by atoms with van der Waals surface area (Å²) in [4.78, 5) is 20.6. The van der Waals surface area contributed by atoms with Crippen LogP contribution in [0.15, 0.2) is 97.2 Å². The van der Waals surface area contributed by atoms with Gasteiger partial charge in [-0.1, -0.05) is 130 Å². The average molecular weight is 609 g/mol. The number of allylic oxidation sites excluding steroid dienone is 16. The summed E-state index contributed by atoms with van der Waals surface area (Å²) in [5.74, 6) is -1.44. The van der Waals surface area contributed by atoms with E-state index >= 15 is 0 Å². The smallest absolute Gasteiger partial charge is 0.303 e. The van der Waals surface area contributed by atoms with Gasteiger partial charge in [0.2, 0.25) is 0 Å². The summed E-state index contributed by atoms with van der Waals surface area (Å²) in [6.45, 7) is 4.43. The summed E-state index contributed by atoms with van der Waals surface area (Å²) in [5, 5.41) is 17.0. The number of aliphatic carboxylic acids is 2. The van der Waals surface area contributed by atoms with Crippen LogP contribution in [0.25, 0.3) is 0 Å². The molecule has 4 nitrogen and oxygen atoms in total. The van der Waals surface area contributed by atoms with Gasteiger partial charge >= 0.3 is 11.9 Å². The molecule has 0 bridgehead atoms. The van der Waals surface area contributed by atoms with Crippen LogP contribution < -0.4 is 0 Å². The molecule has 44 heavy (non-hydrogen) atoms. The topological polar surface area (TPSA) is 74.6 Å². The van der Waals surface area contributed by atoms with Crippen LogP contribution in [0.1, 0.15) is 142 Å². The van der Waals surface area contributed by atoms with Crippen LogP contribution in [0.2, 0.25) is 0 Å². The van der Waals surface area contributed by atoms with E-state index in [1.807, 2.05) is 6.08 Å². The van der Waals surface area contributed by atoms with E-state index in [9.17, 15) is 9.59 Å². The zero-order valence-electron chi connectivity index (χ0n) is 28.1. The predicted octanol–water partition coefficient (Wildman–Crippen LogP) is 12.4. The molecule has 0 aliphatic rings. The largest absolute Gasteiger partial charge is 0.481 e. The molecule has 0 amide bonds. The molecule has 0 saturated heterocycles. The van der Waals surface area contributed by atoms with Gasteiger partial charge in [0.1, 0.15) is 0 Å². The molecule has 0 unspecified atom stereocenters. The average Bonchev–Trinajstić information content (AvgIpc) is 3.00. The SMILES string of the molecule is CCC/C=C/CC/C=C/CC/C=C/CC/C=C/CCC(=O)O.CCCCC/C=C\C/C=C\C/C=C\C/C=C\CCCC(=O)O. The molecule has 0 spiro atoms. The lowest BCUT2D eigenvalue weighted by Crippen LogP contribution is -1.92. The van der Waals surface area contributed by atoms with Crippen LogP contribution in [0.5, 0.6) is 0 Å². The lowest BCUT2D eigenvalue weighted by Gasteiger charge is -1.90. The van der Waals surface area contributed by atoms with Crippen LogP contribution in [-0.2, 0) is 9.59 Å². The van der Waals surface area contributed by atoms with Gasteiger partial charge in [0.15, 0.2) is 0 Å². The van der Waals surface area contributed by atoms with E-state index < -0.39 is 11.9 Å². The zero-order chi connectivity index (χ0) is 32.6. The van der Waals surface area contributed by atoms with Crippen molar-refractivity contribution in [2.24, 2.45) is 0 Å². The molecule has 0 aliphatic carbocycles. The maximum absolute atomic E-state index is 10.3. The molecular formula is C40H64O4. The first-order valence-corrected chi connectivity index (χ1v) is 17.2. The molecule has 0 radical (unpaired) electrons. The monoisotopic (exact) mass is 608 g/mol. The fraction of sp³-hybridized carbons (Fsp3) is 0.550. The van der Waals surface area contributed by atoms with E-state index in [0.717, 1.165) is 70.6 Å². The molecule has 248 valence electrons. The van der Waals surface area contributed by atoms with Crippen LogP contribution in [0.3, 0.4) is 0 Å². The molecule has 0 fully saturated rings. The number of carboxylic acid groups (broad SMARTS) is 2. The first kappa shape index (κ1) is 43.0. The fourth-order valence-electron chi connectivity index (χ4n) is 3.83. The highest BCUT2D eigenvalue weighted by Gasteiger charge is 1.93. The summed E-state index contributed by atoms with van der Waals surface area (Å²) >= 11 is 0. The molecule has 4 heteroatoms. The van der Waals surface area contributed by atoms with Crippen LogP contribution in [0, 0.1) is 0 Å². The van der Waals surface area contributed by atoms with Crippen molar-refractivity contribution >= 4 is 11.9 Å². The Morgan fingerprint density at radius 1 is 0.364 bits per heavy atom. The molecule has 0 atom stereocenters. The van der Waals surface area contributed by atoms with Crippen molar-refractivity contribution in [3.63, 3.8) is 0 Å². The second-order valence-electron chi connectivity index (χ2n) is 10.7. The van der Waals surface area contributed by atoms with Gasteiger partial charge in [0.25, 0.3) is 0 Å². The number of hydrogen-bond donors (Lipinski definition) is 2. The second kappa shape index (κ2) is 39.9. The van der Waals surface area contributed by atoms with Gasteiger partial charge < -0.3 is 10.2 Å². The zero-order valence-corrected chi connectivity index (χ0v) is 28.1. The fourth-order valence-corrected chi connectivity index (χ4v) is 3.83. The van der Waals surface area contributed by atoms with Crippen molar-refractivity contribution in [2.45, 2.75) is 142 Å². The van der Waals surface area contributed by atoms with Gasteiger partial charge in [-0.05, 0) is 96.3 Å². The Bertz CT molecular complexity index is 868. The first-order valence-electron chi connectivity index (χ1n) is 17.2. The summed E-state index contributed by atoms with van der Waals surface area (Å²) in [5.41, 5.74) is 0. The Labute approximate surface area is 270 Å². The molecule has 0 aliphatic heterocycles. The van der Waals surface area contributed by atoms with E-state index in [0.29, 0.717) is 6.42 Å². The van der Waals surface area contributed by atoms with Crippen molar-refractivity contribution in [3.05, 3.63) is 97.2 Å². The third-order valence-corrected chi connectivity index (χ3v) is 6.37. The standard InChI is InChI=1S/2C20H32O2/c2*1-2-3-4-5-6-7-8-9-10-11-12-13-14-15-16-17-18-19-20(21)22/h6-7,9-10,12-13,15-16H,2-5,8,11,14,17-19H2,1H3,(H,21,22);4-5,8-9,12-13,16-17H,2-3,6-7,10-11,14-15,18-19H2,1H3,(H,21,22)/b7-6-,10-9-,13-12-,16-15-;5-4+,9-8+,13-12+,17-16+. The normalized spacial score (nSPS) is 12.4. The van der Waals surface area contributed by atoms with Crippen molar-refractivity contribution in [3.8, 4) is 0 Å². The van der Waals surface area contributed by atoms with Crippen molar-refractivity contribution in [1.29, 1.82) is 0 Å². The summed E-state index contributed by atoms with van der Waals surface area (Å²) in [7, 11) is 0. The second-order valence-corrected chi connectivity index (χ2v) is 10.7.